The van der Waals surface area contributed by atoms with Crippen molar-refractivity contribution in [2.45, 2.75) is 44.3 Å². The maximum atomic E-state index is 6.40. The lowest BCUT2D eigenvalue weighted by Crippen LogP contribution is -2.35. The van der Waals surface area contributed by atoms with Gasteiger partial charge in [-0.3, -0.25) is 4.68 Å². The molecule has 1 aromatic heterocycles. The molecule has 3 atom stereocenters. The number of rotatable bonds is 9. The normalized spacial score (nSPS) is 19.5. The molecule has 1 fully saturated rings. The van der Waals surface area contributed by atoms with Crippen LogP contribution in [0.3, 0.4) is 0 Å². The van der Waals surface area contributed by atoms with E-state index in [0.29, 0.717) is 28.9 Å². The molecule has 1 aliphatic rings. The Morgan fingerprint density at radius 2 is 2.00 bits per heavy atom. The first-order valence-electron chi connectivity index (χ1n) is 10.5. The summed E-state index contributed by atoms with van der Waals surface area (Å²) in [6.45, 7) is 0.908. The molecule has 32 heavy (non-hydrogen) atoms. The van der Waals surface area contributed by atoms with Crippen LogP contribution in [0.1, 0.15) is 30.9 Å². The van der Waals surface area contributed by atoms with Crippen molar-refractivity contribution < 1.29 is 18.9 Å². The van der Waals surface area contributed by atoms with Gasteiger partial charge in [-0.1, -0.05) is 35.3 Å². The van der Waals surface area contributed by atoms with Crippen LogP contribution in [-0.4, -0.2) is 40.9 Å². The third-order valence-electron chi connectivity index (χ3n) is 5.25. The van der Waals surface area contributed by atoms with Crippen LogP contribution in [0.15, 0.2) is 55.1 Å². The van der Waals surface area contributed by atoms with Crippen LogP contribution in [0.25, 0.3) is 0 Å². The molecule has 0 aliphatic carbocycles. The number of methoxy groups -OCH3 is 1. The average Bonchev–Trinajstić information content (AvgIpc) is 3.32. The lowest BCUT2D eigenvalue weighted by molar-refractivity contribution is -0.223. The van der Waals surface area contributed by atoms with Gasteiger partial charge in [0, 0.05) is 5.02 Å². The molecule has 7 nitrogen and oxygen atoms in total. The number of benzene rings is 2. The fourth-order valence-electron chi connectivity index (χ4n) is 3.59. The first kappa shape index (κ1) is 22.9. The van der Waals surface area contributed by atoms with Gasteiger partial charge in [0.2, 0.25) is 0 Å². The standard InChI is InChI=1S/C23H25Cl2N3O4/c1-29-18-8-5-16(6-9-18)22(12-28-15-26-14-27-28)32-23-4-2-3-19(31-23)13-30-21-10-7-17(24)11-20(21)25/h5-11,14-15,19,22-23H,2-4,12-13H2,1H3. The van der Waals surface area contributed by atoms with Crippen molar-refractivity contribution in [2.75, 3.05) is 13.7 Å². The van der Waals surface area contributed by atoms with E-state index in [1.807, 2.05) is 24.3 Å². The van der Waals surface area contributed by atoms with E-state index in [1.54, 1.807) is 36.3 Å². The van der Waals surface area contributed by atoms with E-state index in [-0.39, 0.29) is 18.5 Å². The highest BCUT2D eigenvalue weighted by Crippen LogP contribution is 2.31. The Balaban J connectivity index is 1.39. The van der Waals surface area contributed by atoms with Gasteiger partial charge in [0.1, 0.15) is 36.9 Å². The smallest absolute Gasteiger partial charge is 0.159 e. The fourth-order valence-corrected chi connectivity index (χ4v) is 4.05. The topological polar surface area (TPSA) is 67.6 Å². The summed E-state index contributed by atoms with van der Waals surface area (Å²) in [7, 11) is 1.65. The summed E-state index contributed by atoms with van der Waals surface area (Å²) in [5.74, 6) is 1.38. The lowest BCUT2D eigenvalue weighted by Gasteiger charge is -2.32. The van der Waals surface area contributed by atoms with Crippen molar-refractivity contribution in [3.8, 4) is 11.5 Å². The second-order valence-electron chi connectivity index (χ2n) is 7.52. The molecule has 3 aromatic rings. The SMILES string of the molecule is COc1ccc(C(Cn2cncn2)OC2CCCC(COc3ccc(Cl)cc3Cl)O2)cc1. The molecule has 1 aliphatic heterocycles. The first-order valence-corrected chi connectivity index (χ1v) is 11.2. The van der Waals surface area contributed by atoms with E-state index < -0.39 is 0 Å². The molecule has 9 heteroatoms. The molecule has 0 saturated carbocycles. The molecule has 3 unspecified atom stereocenters. The molecule has 0 bridgehead atoms. The third kappa shape index (κ3) is 6.13. The van der Waals surface area contributed by atoms with Crippen molar-refractivity contribution >= 4 is 23.2 Å². The van der Waals surface area contributed by atoms with Crippen LogP contribution in [0, 0.1) is 0 Å². The molecule has 1 saturated heterocycles. The van der Waals surface area contributed by atoms with E-state index in [0.717, 1.165) is 30.6 Å². The van der Waals surface area contributed by atoms with Gasteiger partial charge >= 0.3 is 0 Å². The minimum atomic E-state index is -0.353. The Morgan fingerprint density at radius 1 is 1.16 bits per heavy atom. The van der Waals surface area contributed by atoms with Gasteiger partial charge in [0.15, 0.2) is 6.29 Å². The van der Waals surface area contributed by atoms with Gasteiger partial charge in [-0.2, -0.15) is 5.10 Å². The molecule has 0 amide bonds. The molecule has 2 aromatic carbocycles. The summed E-state index contributed by atoms with van der Waals surface area (Å²) < 4.78 is 25.5. The number of nitrogens with zero attached hydrogens (tertiary/aromatic N) is 3. The summed E-state index contributed by atoms with van der Waals surface area (Å²) in [4.78, 5) is 4.03. The van der Waals surface area contributed by atoms with E-state index >= 15 is 0 Å². The highest BCUT2D eigenvalue weighted by molar-refractivity contribution is 6.35. The Hall–Kier alpha value is -2.32. The highest BCUT2D eigenvalue weighted by Gasteiger charge is 2.27. The largest absolute Gasteiger partial charge is 0.497 e. The Morgan fingerprint density at radius 3 is 2.72 bits per heavy atom. The van der Waals surface area contributed by atoms with Crippen molar-refractivity contribution in [1.82, 2.24) is 14.8 Å². The number of halogens is 2. The van der Waals surface area contributed by atoms with Crippen LogP contribution in [0.2, 0.25) is 10.0 Å². The third-order valence-corrected chi connectivity index (χ3v) is 5.78. The summed E-state index contributed by atoms with van der Waals surface area (Å²) in [5.41, 5.74) is 1.01. The number of aromatic nitrogens is 3. The summed E-state index contributed by atoms with van der Waals surface area (Å²) in [5, 5.41) is 5.27. The predicted octanol–water partition coefficient (Wildman–Crippen LogP) is 5.33. The molecule has 0 radical (unpaired) electrons. The van der Waals surface area contributed by atoms with Gasteiger partial charge in [-0.15, -0.1) is 0 Å². The lowest BCUT2D eigenvalue weighted by atomic mass is 10.1. The van der Waals surface area contributed by atoms with Gasteiger partial charge in [-0.25, -0.2) is 4.98 Å². The number of ether oxygens (including phenoxy) is 4. The average molecular weight is 478 g/mol. The minimum absolute atomic E-state index is 0.0941. The van der Waals surface area contributed by atoms with Gasteiger partial charge < -0.3 is 18.9 Å². The second-order valence-corrected chi connectivity index (χ2v) is 8.36. The minimum Gasteiger partial charge on any atom is -0.497 e. The Bertz CT molecular complexity index is 985. The first-order chi connectivity index (χ1) is 15.6. The van der Waals surface area contributed by atoms with E-state index in [4.69, 9.17) is 42.1 Å². The highest BCUT2D eigenvalue weighted by atomic mass is 35.5. The number of hydrogen-bond donors (Lipinski definition) is 0. The zero-order valence-electron chi connectivity index (χ0n) is 17.7. The summed E-state index contributed by atoms with van der Waals surface area (Å²) in [6.07, 6.45) is 5.16. The Kier molecular flexibility index (Phi) is 7.86. The summed E-state index contributed by atoms with van der Waals surface area (Å²) in [6, 6.07) is 13.0. The molecule has 2 heterocycles. The second kappa shape index (κ2) is 11.0. The van der Waals surface area contributed by atoms with Crippen molar-refractivity contribution in [1.29, 1.82) is 0 Å². The van der Waals surface area contributed by atoms with Gasteiger partial charge in [0.05, 0.1) is 24.8 Å². The van der Waals surface area contributed by atoms with Crippen LogP contribution >= 0.6 is 23.2 Å². The van der Waals surface area contributed by atoms with Crippen molar-refractivity contribution in [3.63, 3.8) is 0 Å². The molecule has 0 spiro atoms. The van der Waals surface area contributed by atoms with Crippen molar-refractivity contribution in [2.24, 2.45) is 0 Å². The number of hydrogen-bond acceptors (Lipinski definition) is 6. The van der Waals surface area contributed by atoms with E-state index in [9.17, 15) is 0 Å². The van der Waals surface area contributed by atoms with Crippen LogP contribution in [0.4, 0.5) is 0 Å². The van der Waals surface area contributed by atoms with E-state index in [1.165, 1.54) is 6.33 Å². The maximum absolute atomic E-state index is 6.40. The summed E-state index contributed by atoms with van der Waals surface area (Å²) >= 11 is 12.2. The van der Waals surface area contributed by atoms with Gasteiger partial charge in [0.25, 0.3) is 0 Å². The molecular formula is C23H25Cl2N3O4. The Labute approximate surface area is 197 Å². The molecule has 0 N–H and O–H groups in total. The van der Waals surface area contributed by atoms with Crippen LogP contribution < -0.4 is 9.47 Å². The predicted molar refractivity (Wildman–Crippen MR) is 121 cm³/mol. The fraction of sp³-hybridized carbons (Fsp3) is 0.391. The van der Waals surface area contributed by atoms with E-state index in [2.05, 4.69) is 10.1 Å². The zero-order chi connectivity index (χ0) is 22.3. The zero-order valence-corrected chi connectivity index (χ0v) is 19.2. The molecule has 170 valence electrons. The molecular weight excluding hydrogens is 453 g/mol. The maximum Gasteiger partial charge on any atom is 0.159 e. The van der Waals surface area contributed by atoms with Crippen molar-refractivity contribution in [3.05, 3.63) is 70.7 Å². The molecule has 4 rings (SSSR count). The van der Waals surface area contributed by atoms with Crippen LogP contribution in [-0.2, 0) is 16.0 Å². The monoisotopic (exact) mass is 477 g/mol. The van der Waals surface area contributed by atoms with Gasteiger partial charge in [-0.05, 0) is 55.2 Å². The quantitative estimate of drug-likeness (QED) is 0.415. The van der Waals surface area contributed by atoms with Crippen LogP contribution in [0.5, 0.6) is 11.5 Å².